The molecule has 70 valence electrons. The molecular formula is C8H14O4. The molecule has 1 N–H and O–H groups in total. The van der Waals surface area contributed by atoms with Gasteiger partial charge in [-0.3, -0.25) is 0 Å². The number of hydrogen-bond donors (Lipinski definition) is 1. The number of carbonyl (C=O) groups excluding carboxylic acids is 1. The van der Waals surface area contributed by atoms with Crippen molar-refractivity contribution in [3.63, 3.8) is 0 Å². The first kappa shape index (κ1) is 11.0. The lowest BCUT2D eigenvalue weighted by atomic mass is 10.2. The van der Waals surface area contributed by atoms with Gasteiger partial charge in [-0.05, 0) is 6.92 Å². The molecule has 0 spiro atoms. The van der Waals surface area contributed by atoms with Crippen molar-refractivity contribution in [2.45, 2.75) is 13.8 Å². The van der Waals surface area contributed by atoms with Gasteiger partial charge < -0.3 is 14.6 Å². The van der Waals surface area contributed by atoms with Gasteiger partial charge in [0, 0.05) is 12.5 Å². The highest BCUT2D eigenvalue weighted by Crippen LogP contribution is 1.98. The van der Waals surface area contributed by atoms with Gasteiger partial charge >= 0.3 is 6.16 Å². The molecule has 4 nitrogen and oxygen atoms in total. The van der Waals surface area contributed by atoms with Crippen molar-refractivity contribution in [3.8, 4) is 0 Å². The summed E-state index contributed by atoms with van der Waals surface area (Å²) >= 11 is 0. The number of hydrogen-bond acceptors (Lipinski definition) is 4. The molecule has 0 amide bonds. The minimum Gasteiger partial charge on any atom is -0.434 e. The molecule has 0 aliphatic rings. The van der Waals surface area contributed by atoms with Crippen molar-refractivity contribution < 1.29 is 19.4 Å². The van der Waals surface area contributed by atoms with Gasteiger partial charge in [-0.1, -0.05) is 13.5 Å². The zero-order chi connectivity index (χ0) is 9.56. The van der Waals surface area contributed by atoms with Gasteiger partial charge in [0.1, 0.15) is 5.76 Å². The number of aliphatic hydroxyl groups is 1. The second-order valence-electron chi connectivity index (χ2n) is 2.65. The first-order chi connectivity index (χ1) is 5.56. The highest BCUT2D eigenvalue weighted by molar-refractivity contribution is 5.61. The molecule has 0 aromatic carbocycles. The molecular weight excluding hydrogens is 160 g/mol. The molecule has 0 bridgehead atoms. The Morgan fingerprint density at radius 3 is 2.67 bits per heavy atom. The zero-order valence-corrected chi connectivity index (χ0v) is 7.37. The van der Waals surface area contributed by atoms with Crippen LogP contribution in [0, 0.1) is 5.92 Å². The average molecular weight is 174 g/mol. The average Bonchev–Trinajstić information content (AvgIpc) is 1.99. The summed E-state index contributed by atoms with van der Waals surface area (Å²) in [4.78, 5) is 10.7. The molecule has 0 rings (SSSR count). The monoisotopic (exact) mass is 174 g/mol. The van der Waals surface area contributed by atoms with E-state index < -0.39 is 6.16 Å². The van der Waals surface area contributed by atoms with Gasteiger partial charge in [-0.15, -0.1) is 0 Å². The lowest BCUT2D eigenvalue weighted by molar-refractivity contribution is 0.0573. The Labute approximate surface area is 71.8 Å². The van der Waals surface area contributed by atoms with E-state index in [0.717, 1.165) is 0 Å². The SMILES string of the molecule is C=C(C)OC(=O)OCC(C)CO. The molecule has 0 fully saturated rings. The smallest absolute Gasteiger partial charge is 0.434 e. The Balaban J connectivity index is 3.50. The maximum absolute atomic E-state index is 10.7. The molecule has 0 radical (unpaired) electrons. The van der Waals surface area contributed by atoms with Crippen LogP contribution in [0.25, 0.3) is 0 Å². The maximum Gasteiger partial charge on any atom is 0.513 e. The molecule has 0 saturated carbocycles. The fourth-order valence-corrected chi connectivity index (χ4v) is 0.435. The third-order valence-electron chi connectivity index (χ3n) is 1.05. The number of carbonyl (C=O) groups is 1. The fraction of sp³-hybridized carbons (Fsp3) is 0.625. The molecule has 12 heavy (non-hydrogen) atoms. The van der Waals surface area contributed by atoms with Crippen LogP contribution in [0.2, 0.25) is 0 Å². The van der Waals surface area contributed by atoms with Crippen LogP contribution >= 0.6 is 0 Å². The van der Waals surface area contributed by atoms with Gasteiger partial charge in [0.2, 0.25) is 0 Å². The van der Waals surface area contributed by atoms with Gasteiger partial charge in [0.15, 0.2) is 0 Å². The van der Waals surface area contributed by atoms with Gasteiger partial charge in [0.05, 0.1) is 6.61 Å². The van der Waals surface area contributed by atoms with Gasteiger partial charge in [-0.25, -0.2) is 4.79 Å². The summed E-state index contributed by atoms with van der Waals surface area (Å²) in [5.41, 5.74) is 0. The summed E-state index contributed by atoms with van der Waals surface area (Å²) in [6, 6.07) is 0. The van der Waals surface area contributed by atoms with Crippen molar-refractivity contribution in [2.24, 2.45) is 5.92 Å². The number of allylic oxidation sites excluding steroid dienone is 1. The molecule has 1 atom stereocenters. The molecule has 0 aromatic rings. The highest BCUT2D eigenvalue weighted by Gasteiger charge is 2.07. The van der Waals surface area contributed by atoms with Crippen molar-refractivity contribution in [3.05, 3.63) is 12.3 Å². The van der Waals surface area contributed by atoms with E-state index >= 15 is 0 Å². The van der Waals surface area contributed by atoms with Crippen molar-refractivity contribution in [1.82, 2.24) is 0 Å². The third-order valence-corrected chi connectivity index (χ3v) is 1.05. The molecule has 0 aliphatic heterocycles. The first-order valence-corrected chi connectivity index (χ1v) is 3.67. The number of aliphatic hydroxyl groups excluding tert-OH is 1. The van der Waals surface area contributed by atoms with E-state index in [-0.39, 0.29) is 24.9 Å². The normalized spacial score (nSPS) is 11.9. The standard InChI is InChI=1S/C8H14O4/c1-6(2)12-8(10)11-5-7(3)4-9/h7,9H,1,4-5H2,2-3H3. The Kier molecular flexibility index (Phi) is 5.12. The van der Waals surface area contributed by atoms with Crippen LogP contribution in [0.4, 0.5) is 4.79 Å². The molecule has 4 heteroatoms. The number of ether oxygens (including phenoxy) is 2. The van der Waals surface area contributed by atoms with E-state index in [0.29, 0.717) is 0 Å². The van der Waals surface area contributed by atoms with E-state index in [2.05, 4.69) is 16.1 Å². The Bertz CT molecular complexity index is 164. The van der Waals surface area contributed by atoms with Crippen LogP contribution in [0.1, 0.15) is 13.8 Å². The van der Waals surface area contributed by atoms with E-state index in [1.807, 2.05) is 0 Å². The molecule has 1 unspecified atom stereocenters. The predicted molar refractivity (Wildman–Crippen MR) is 43.5 cm³/mol. The summed E-state index contributed by atoms with van der Waals surface area (Å²) in [5, 5.41) is 8.58. The van der Waals surface area contributed by atoms with E-state index in [4.69, 9.17) is 5.11 Å². The maximum atomic E-state index is 10.7. The summed E-state index contributed by atoms with van der Waals surface area (Å²) < 4.78 is 9.13. The van der Waals surface area contributed by atoms with Gasteiger partial charge in [0.25, 0.3) is 0 Å². The van der Waals surface area contributed by atoms with Crippen molar-refractivity contribution in [2.75, 3.05) is 13.2 Å². The second-order valence-corrected chi connectivity index (χ2v) is 2.65. The molecule has 0 aliphatic carbocycles. The third kappa shape index (κ3) is 5.73. The van der Waals surface area contributed by atoms with E-state index in [9.17, 15) is 4.79 Å². The van der Waals surface area contributed by atoms with Crippen LogP contribution in [0.5, 0.6) is 0 Å². The highest BCUT2D eigenvalue weighted by atomic mass is 16.7. The largest absolute Gasteiger partial charge is 0.513 e. The molecule has 0 heterocycles. The fourth-order valence-electron chi connectivity index (χ4n) is 0.435. The van der Waals surface area contributed by atoms with E-state index in [1.54, 1.807) is 13.8 Å². The Hall–Kier alpha value is -1.03. The quantitative estimate of drug-likeness (QED) is 0.515. The lowest BCUT2D eigenvalue weighted by Crippen LogP contribution is -2.14. The van der Waals surface area contributed by atoms with Crippen LogP contribution in [0.15, 0.2) is 12.3 Å². The Morgan fingerprint density at radius 2 is 2.25 bits per heavy atom. The summed E-state index contributed by atoms with van der Waals surface area (Å²) in [6.45, 7) is 6.82. The summed E-state index contributed by atoms with van der Waals surface area (Å²) in [6.07, 6.45) is -0.775. The van der Waals surface area contributed by atoms with Crippen LogP contribution in [0.3, 0.4) is 0 Å². The first-order valence-electron chi connectivity index (χ1n) is 3.67. The molecule has 0 aromatic heterocycles. The summed E-state index contributed by atoms with van der Waals surface area (Å²) in [7, 11) is 0. The van der Waals surface area contributed by atoms with Crippen molar-refractivity contribution >= 4 is 6.16 Å². The van der Waals surface area contributed by atoms with Crippen LogP contribution in [-0.4, -0.2) is 24.5 Å². The Morgan fingerprint density at radius 1 is 1.67 bits per heavy atom. The van der Waals surface area contributed by atoms with E-state index in [1.165, 1.54) is 0 Å². The topological polar surface area (TPSA) is 55.8 Å². The lowest BCUT2D eigenvalue weighted by Gasteiger charge is -2.08. The second kappa shape index (κ2) is 5.60. The van der Waals surface area contributed by atoms with Crippen LogP contribution in [-0.2, 0) is 9.47 Å². The minimum atomic E-state index is -0.775. The van der Waals surface area contributed by atoms with Crippen LogP contribution < -0.4 is 0 Å². The summed E-state index contributed by atoms with van der Waals surface area (Å²) in [5.74, 6) is 0.222. The zero-order valence-electron chi connectivity index (χ0n) is 7.37. The minimum absolute atomic E-state index is 0.0135. The van der Waals surface area contributed by atoms with Crippen molar-refractivity contribution in [1.29, 1.82) is 0 Å². The van der Waals surface area contributed by atoms with Gasteiger partial charge in [-0.2, -0.15) is 0 Å². The molecule has 0 saturated heterocycles. The predicted octanol–water partition coefficient (Wildman–Crippen LogP) is 1.30. The number of rotatable bonds is 4.